The van der Waals surface area contributed by atoms with Crippen LogP contribution in [0.3, 0.4) is 0 Å². The molecule has 1 aliphatic heterocycles. The van der Waals surface area contributed by atoms with Crippen molar-refractivity contribution in [1.29, 1.82) is 0 Å². The van der Waals surface area contributed by atoms with Gasteiger partial charge in [-0.15, -0.1) is 0 Å². The third-order valence-corrected chi connectivity index (χ3v) is 7.62. The second kappa shape index (κ2) is 6.24. The van der Waals surface area contributed by atoms with Gasteiger partial charge >= 0.3 is 0 Å². The van der Waals surface area contributed by atoms with E-state index in [-0.39, 0.29) is 0 Å². The Morgan fingerprint density at radius 2 is 1.61 bits per heavy atom. The maximum absolute atomic E-state index is 5.74. The summed E-state index contributed by atoms with van der Waals surface area (Å²) in [7, 11) is 0. The van der Waals surface area contributed by atoms with Crippen LogP contribution in [0.4, 0.5) is 0 Å². The standard InChI is InChI=1S/C28H15N3OS/c1-3-9-21-17(6-1)19-14-16-12-13-32-23(16)15-22(19)31(21)28-29-20-8-5-11-25-26(20)27(30-28)18-7-2-4-10-24(18)33-25/h1-15H. The molecule has 154 valence electrons. The summed E-state index contributed by atoms with van der Waals surface area (Å²) in [6.45, 7) is 0. The normalized spacial score (nSPS) is 12.7. The minimum absolute atomic E-state index is 0.674. The molecule has 0 spiro atoms. The Hall–Kier alpha value is -4.09. The van der Waals surface area contributed by atoms with Gasteiger partial charge in [-0.05, 0) is 36.4 Å². The molecule has 4 heterocycles. The fourth-order valence-electron chi connectivity index (χ4n) is 5.03. The highest BCUT2D eigenvalue weighted by molar-refractivity contribution is 7.99. The van der Waals surface area contributed by atoms with Crippen molar-refractivity contribution in [2.45, 2.75) is 9.79 Å². The van der Waals surface area contributed by atoms with Crippen LogP contribution in [0.1, 0.15) is 0 Å². The maximum atomic E-state index is 5.74. The predicted molar refractivity (Wildman–Crippen MR) is 133 cm³/mol. The summed E-state index contributed by atoms with van der Waals surface area (Å²) in [6.07, 6.45) is 1.74. The summed E-state index contributed by atoms with van der Waals surface area (Å²) < 4.78 is 7.91. The molecule has 7 aromatic rings. The summed E-state index contributed by atoms with van der Waals surface area (Å²) in [4.78, 5) is 12.7. The molecule has 0 amide bonds. The first kappa shape index (κ1) is 17.5. The minimum atomic E-state index is 0.674. The van der Waals surface area contributed by atoms with Gasteiger partial charge in [0.1, 0.15) is 5.58 Å². The van der Waals surface area contributed by atoms with E-state index in [1.54, 1.807) is 18.0 Å². The number of rotatable bonds is 1. The molecule has 3 aromatic heterocycles. The van der Waals surface area contributed by atoms with Gasteiger partial charge in [0.2, 0.25) is 5.95 Å². The SMILES string of the molecule is c1ccc2c(c1)Sc1cccc3nc(-n4c5ccccc5c5cc6ccoc6cc54)nc-2c13. The number of aromatic nitrogens is 3. The number of furan rings is 1. The van der Waals surface area contributed by atoms with E-state index in [1.807, 2.05) is 6.07 Å². The van der Waals surface area contributed by atoms with Crippen LogP contribution in [-0.2, 0) is 0 Å². The van der Waals surface area contributed by atoms with Gasteiger partial charge in [0, 0.05) is 43.0 Å². The number of fused-ring (bicyclic) bond motifs is 6. The molecule has 5 heteroatoms. The van der Waals surface area contributed by atoms with E-state index in [1.165, 1.54) is 20.6 Å². The summed E-state index contributed by atoms with van der Waals surface area (Å²) in [6, 6.07) is 29.6. The van der Waals surface area contributed by atoms with E-state index in [4.69, 9.17) is 14.4 Å². The van der Waals surface area contributed by atoms with Crippen molar-refractivity contribution in [3.63, 3.8) is 0 Å². The average molecular weight is 442 g/mol. The highest BCUT2D eigenvalue weighted by atomic mass is 32.2. The number of para-hydroxylation sites is 1. The second-order valence-electron chi connectivity index (χ2n) is 8.30. The first-order chi connectivity index (χ1) is 16.3. The quantitative estimate of drug-likeness (QED) is 0.263. The molecule has 4 nitrogen and oxygen atoms in total. The third-order valence-electron chi connectivity index (χ3n) is 6.48. The Morgan fingerprint density at radius 3 is 2.61 bits per heavy atom. The van der Waals surface area contributed by atoms with Crippen LogP contribution in [0.5, 0.6) is 0 Å². The lowest BCUT2D eigenvalue weighted by Gasteiger charge is -2.20. The van der Waals surface area contributed by atoms with E-state index >= 15 is 0 Å². The van der Waals surface area contributed by atoms with Crippen molar-refractivity contribution in [3.05, 3.63) is 91.2 Å². The van der Waals surface area contributed by atoms with E-state index in [0.29, 0.717) is 5.95 Å². The smallest absolute Gasteiger partial charge is 0.235 e. The van der Waals surface area contributed by atoms with Crippen LogP contribution in [0.25, 0.3) is 60.9 Å². The van der Waals surface area contributed by atoms with Gasteiger partial charge in [0.15, 0.2) is 0 Å². The Balaban J connectivity index is 1.54. The second-order valence-corrected chi connectivity index (χ2v) is 9.38. The number of hydrogen-bond acceptors (Lipinski definition) is 4. The Bertz CT molecular complexity index is 1910. The molecule has 0 saturated carbocycles. The van der Waals surface area contributed by atoms with E-state index in [9.17, 15) is 0 Å². The minimum Gasteiger partial charge on any atom is -0.464 e. The molecule has 0 unspecified atom stereocenters. The Labute approximate surface area is 192 Å². The lowest BCUT2D eigenvalue weighted by Crippen LogP contribution is -2.05. The van der Waals surface area contributed by atoms with Crippen LogP contribution < -0.4 is 0 Å². The zero-order valence-electron chi connectivity index (χ0n) is 17.3. The molecule has 1 aliphatic rings. The molecule has 0 bridgehead atoms. The summed E-state index contributed by atoms with van der Waals surface area (Å²) in [5.74, 6) is 0.674. The van der Waals surface area contributed by atoms with Crippen molar-refractivity contribution in [1.82, 2.24) is 14.5 Å². The third kappa shape index (κ3) is 2.32. The van der Waals surface area contributed by atoms with Crippen molar-refractivity contribution in [3.8, 4) is 17.2 Å². The van der Waals surface area contributed by atoms with Gasteiger partial charge in [0.05, 0.1) is 28.5 Å². The molecule has 4 aromatic carbocycles. The van der Waals surface area contributed by atoms with Crippen LogP contribution in [0.2, 0.25) is 0 Å². The molecule has 0 atom stereocenters. The highest BCUT2D eigenvalue weighted by Crippen LogP contribution is 2.47. The zero-order chi connectivity index (χ0) is 21.5. The molecule has 0 N–H and O–H groups in total. The molecular formula is C28H15N3OS. The van der Waals surface area contributed by atoms with Crippen LogP contribution in [0, 0.1) is 0 Å². The lowest BCUT2D eigenvalue weighted by molar-refractivity contribution is 0.616. The van der Waals surface area contributed by atoms with E-state index in [0.717, 1.165) is 44.2 Å². The van der Waals surface area contributed by atoms with Crippen molar-refractivity contribution < 1.29 is 4.42 Å². The summed E-state index contributed by atoms with van der Waals surface area (Å²) >= 11 is 1.79. The summed E-state index contributed by atoms with van der Waals surface area (Å²) in [5, 5.41) is 4.56. The van der Waals surface area contributed by atoms with Crippen LogP contribution in [0.15, 0.2) is 105 Å². The molecule has 33 heavy (non-hydrogen) atoms. The largest absolute Gasteiger partial charge is 0.464 e. The van der Waals surface area contributed by atoms with Gasteiger partial charge in [-0.25, -0.2) is 9.97 Å². The van der Waals surface area contributed by atoms with Crippen LogP contribution in [-0.4, -0.2) is 14.5 Å². The van der Waals surface area contributed by atoms with Crippen LogP contribution >= 0.6 is 11.8 Å². The Kier molecular flexibility index (Phi) is 3.30. The highest BCUT2D eigenvalue weighted by Gasteiger charge is 2.23. The fraction of sp³-hybridized carbons (Fsp3) is 0. The van der Waals surface area contributed by atoms with Crippen molar-refractivity contribution in [2.75, 3.05) is 0 Å². The van der Waals surface area contributed by atoms with E-state index in [2.05, 4.69) is 83.4 Å². The topological polar surface area (TPSA) is 43.9 Å². The molecule has 0 saturated heterocycles. The van der Waals surface area contributed by atoms with Gasteiger partial charge in [-0.2, -0.15) is 0 Å². The zero-order valence-corrected chi connectivity index (χ0v) is 18.1. The summed E-state index contributed by atoms with van der Waals surface area (Å²) in [5.41, 5.74) is 6.09. The number of hydrogen-bond donors (Lipinski definition) is 0. The molecule has 8 rings (SSSR count). The monoisotopic (exact) mass is 441 g/mol. The molecule has 0 fully saturated rings. The number of benzene rings is 4. The molecule has 0 radical (unpaired) electrons. The maximum Gasteiger partial charge on any atom is 0.235 e. The van der Waals surface area contributed by atoms with E-state index < -0.39 is 0 Å². The van der Waals surface area contributed by atoms with Gasteiger partial charge in [-0.1, -0.05) is 54.2 Å². The Morgan fingerprint density at radius 1 is 0.727 bits per heavy atom. The van der Waals surface area contributed by atoms with Gasteiger partial charge < -0.3 is 4.42 Å². The average Bonchev–Trinajstić information content (AvgIpc) is 3.44. The fourth-order valence-corrected chi connectivity index (χ4v) is 6.14. The van der Waals surface area contributed by atoms with Gasteiger partial charge in [-0.3, -0.25) is 4.57 Å². The number of nitrogens with zero attached hydrogens (tertiary/aromatic N) is 3. The predicted octanol–water partition coefficient (Wildman–Crippen LogP) is 7.60. The molecular weight excluding hydrogens is 426 g/mol. The first-order valence-electron chi connectivity index (χ1n) is 10.8. The van der Waals surface area contributed by atoms with Crippen molar-refractivity contribution in [2.24, 2.45) is 0 Å². The lowest BCUT2D eigenvalue weighted by atomic mass is 10.1. The van der Waals surface area contributed by atoms with Crippen molar-refractivity contribution >= 4 is 55.4 Å². The first-order valence-corrected chi connectivity index (χ1v) is 11.7. The van der Waals surface area contributed by atoms with Gasteiger partial charge in [0.25, 0.3) is 0 Å². The molecule has 0 aliphatic carbocycles.